The van der Waals surface area contributed by atoms with Crippen LogP contribution in [0.4, 0.5) is 0 Å². The molecule has 2 aromatic heterocycles. The molecule has 146 valence electrons. The number of fused-ring (bicyclic) bond motifs is 1. The number of rotatable bonds is 6. The van der Waals surface area contributed by atoms with Gasteiger partial charge in [0, 0.05) is 24.2 Å². The van der Waals surface area contributed by atoms with Gasteiger partial charge in [-0.3, -0.25) is 9.20 Å². The highest BCUT2D eigenvalue weighted by Gasteiger charge is 2.32. The lowest BCUT2D eigenvalue weighted by atomic mass is 10.2. The Hall–Kier alpha value is -2.60. The highest BCUT2D eigenvalue weighted by Crippen LogP contribution is 2.31. The van der Waals surface area contributed by atoms with Gasteiger partial charge in [0.25, 0.3) is 0 Å². The number of likely N-dealkylation sites (tertiary alicyclic amines) is 1. The van der Waals surface area contributed by atoms with Gasteiger partial charge in [0.15, 0.2) is 11.5 Å². The average molecular weight is 399 g/mol. The lowest BCUT2D eigenvalue weighted by molar-refractivity contribution is -0.132. The number of halogens is 1. The zero-order chi connectivity index (χ0) is 19.5. The van der Waals surface area contributed by atoms with E-state index in [1.807, 2.05) is 58.8 Å². The van der Waals surface area contributed by atoms with E-state index in [0.717, 1.165) is 42.2 Å². The Labute approximate surface area is 169 Å². The van der Waals surface area contributed by atoms with Crippen molar-refractivity contribution in [3.63, 3.8) is 0 Å². The molecule has 4 rings (SSSR count). The minimum atomic E-state index is -0.00988. The molecule has 7 heteroatoms. The molecule has 1 aliphatic heterocycles. The van der Waals surface area contributed by atoms with Crippen molar-refractivity contribution in [3.05, 3.63) is 59.0 Å². The number of pyridine rings is 1. The standard InChI is InChI=1S/C21H23ClN4O2/c1-15-14-16(22)9-10-18(15)28-13-5-8-20(27)25-12-4-6-17(25)21-24-23-19-7-2-3-11-26(19)21/h2-3,7,9-11,14,17H,4-6,8,12-13H2,1H3. The fourth-order valence-electron chi connectivity index (χ4n) is 3.74. The van der Waals surface area contributed by atoms with Crippen LogP contribution in [0.2, 0.25) is 5.02 Å². The summed E-state index contributed by atoms with van der Waals surface area (Å²) in [5, 5.41) is 9.27. The quantitative estimate of drug-likeness (QED) is 0.583. The molecule has 0 radical (unpaired) electrons. The summed E-state index contributed by atoms with van der Waals surface area (Å²) in [7, 11) is 0. The second-order valence-corrected chi connectivity index (χ2v) is 7.53. The summed E-state index contributed by atoms with van der Waals surface area (Å²) in [5.74, 6) is 1.80. The van der Waals surface area contributed by atoms with Gasteiger partial charge in [0.2, 0.25) is 5.91 Å². The van der Waals surface area contributed by atoms with E-state index in [0.29, 0.717) is 24.5 Å². The molecule has 1 saturated heterocycles. The van der Waals surface area contributed by atoms with Crippen molar-refractivity contribution in [2.45, 2.75) is 38.6 Å². The highest BCUT2D eigenvalue weighted by molar-refractivity contribution is 6.30. The van der Waals surface area contributed by atoms with E-state index in [1.54, 1.807) is 0 Å². The van der Waals surface area contributed by atoms with Crippen molar-refractivity contribution < 1.29 is 9.53 Å². The summed E-state index contributed by atoms with van der Waals surface area (Å²) in [6.45, 7) is 3.23. The maximum Gasteiger partial charge on any atom is 0.223 e. The van der Waals surface area contributed by atoms with Gasteiger partial charge in [-0.05, 0) is 62.1 Å². The fraction of sp³-hybridized carbons (Fsp3) is 0.381. The normalized spacial score (nSPS) is 16.6. The molecule has 0 aliphatic carbocycles. The molecular weight excluding hydrogens is 376 g/mol. The molecule has 1 unspecified atom stereocenters. The number of carbonyl (C=O) groups is 1. The molecule has 28 heavy (non-hydrogen) atoms. The molecule has 1 fully saturated rings. The molecule has 1 atom stereocenters. The second-order valence-electron chi connectivity index (χ2n) is 7.09. The van der Waals surface area contributed by atoms with Crippen molar-refractivity contribution in [1.82, 2.24) is 19.5 Å². The number of aromatic nitrogens is 3. The van der Waals surface area contributed by atoms with Crippen LogP contribution in [0.5, 0.6) is 5.75 Å². The Kier molecular flexibility index (Phi) is 5.48. The number of hydrogen-bond donors (Lipinski definition) is 0. The molecule has 3 heterocycles. The van der Waals surface area contributed by atoms with Crippen LogP contribution in [0.25, 0.3) is 5.65 Å². The first-order valence-electron chi connectivity index (χ1n) is 9.61. The third-order valence-corrected chi connectivity index (χ3v) is 5.38. The number of amides is 1. The lowest BCUT2D eigenvalue weighted by Gasteiger charge is -2.23. The van der Waals surface area contributed by atoms with E-state index in [4.69, 9.17) is 16.3 Å². The molecule has 0 N–H and O–H groups in total. The zero-order valence-corrected chi connectivity index (χ0v) is 16.6. The Balaban J connectivity index is 1.35. The van der Waals surface area contributed by atoms with Crippen LogP contribution in [0, 0.1) is 6.92 Å². The first kappa shape index (κ1) is 18.7. The number of benzene rings is 1. The Morgan fingerprint density at radius 2 is 2.18 bits per heavy atom. The van der Waals surface area contributed by atoms with Crippen molar-refractivity contribution >= 4 is 23.2 Å². The Morgan fingerprint density at radius 1 is 1.29 bits per heavy atom. The van der Waals surface area contributed by atoms with Crippen LogP contribution in [-0.2, 0) is 4.79 Å². The van der Waals surface area contributed by atoms with Crippen molar-refractivity contribution in [3.8, 4) is 5.75 Å². The predicted molar refractivity (Wildman–Crippen MR) is 108 cm³/mol. The van der Waals surface area contributed by atoms with Crippen LogP contribution in [0.3, 0.4) is 0 Å². The van der Waals surface area contributed by atoms with Crippen LogP contribution in [-0.4, -0.2) is 38.6 Å². The molecule has 1 aliphatic rings. The van der Waals surface area contributed by atoms with Crippen molar-refractivity contribution in [1.29, 1.82) is 0 Å². The largest absolute Gasteiger partial charge is 0.493 e. The van der Waals surface area contributed by atoms with Gasteiger partial charge >= 0.3 is 0 Å². The van der Waals surface area contributed by atoms with Gasteiger partial charge in [0.05, 0.1) is 12.6 Å². The number of nitrogens with zero attached hydrogens (tertiary/aromatic N) is 4. The molecular formula is C21H23ClN4O2. The first-order chi connectivity index (χ1) is 13.6. The average Bonchev–Trinajstić information content (AvgIpc) is 3.33. The van der Waals surface area contributed by atoms with Gasteiger partial charge in [-0.25, -0.2) is 0 Å². The first-order valence-corrected chi connectivity index (χ1v) is 9.99. The summed E-state index contributed by atoms with van der Waals surface area (Å²) in [6, 6.07) is 11.4. The van der Waals surface area contributed by atoms with E-state index in [2.05, 4.69) is 10.2 Å². The van der Waals surface area contributed by atoms with Gasteiger partial charge in [0.1, 0.15) is 5.75 Å². The maximum absolute atomic E-state index is 12.8. The smallest absolute Gasteiger partial charge is 0.223 e. The minimum Gasteiger partial charge on any atom is -0.493 e. The topological polar surface area (TPSA) is 59.7 Å². The number of aryl methyl sites for hydroxylation is 1. The van der Waals surface area contributed by atoms with Gasteiger partial charge in [-0.2, -0.15) is 0 Å². The van der Waals surface area contributed by atoms with Gasteiger partial charge in [-0.15, -0.1) is 10.2 Å². The summed E-state index contributed by atoms with van der Waals surface area (Å²) in [5.41, 5.74) is 1.81. The molecule has 1 aromatic carbocycles. The van der Waals surface area contributed by atoms with Crippen LogP contribution in [0.1, 0.15) is 43.1 Å². The van der Waals surface area contributed by atoms with E-state index in [-0.39, 0.29) is 11.9 Å². The Morgan fingerprint density at radius 3 is 3.04 bits per heavy atom. The number of hydrogen-bond acceptors (Lipinski definition) is 4. The highest BCUT2D eigenvalue weighted by atomic mass is 35.5. The molecule has 0 bridgehead atoms. The third-order valence-electron chi connectivity index (χ3n) is 5.14. The fourth-order valence-corrected chi connectivity index (χ4v) is 3.97. The lowest BCUT2D eigenvalue weighted by Crippen LogP contribution is -2.31. The summed E-state index contributed by atoms with van der Waals surface area (Å²) in [6.07, 6.45) is 4.99. The SMILES string of the molecule is Cc1cc(Cl)ccc1OCCCC(=O)N1CCCC1c1nnc2ccccn12. The second kappa shape index (κ2) is 8.19. The zero-order valence-electron chi connectivity index (χ0n) is 15.8. The van der Waals surface area contributed by atoms with Crippen LogP contribution in [0.15, 0.2) is 42.6 Å². The molecule has 3 aromatic rings. The predicted octanol–water partition coefficient (Wildman–Crippen LogP) is 4.21. The van der Waals surface area contributed by atoms with Gasteiger partial charge in [-0.1, -0.05) is 17.7 Å². The van der Waals surface area contributed by atoms with Crippen molar-refractivity contribution in [2.75, 3.05) is 13.2 Å². The molecule has 0 spiro atoms. The number of ether oxygens (including phenoxy) is 1. The maximum atomic E-state index is 12.8. The van der Waals surface area contributed by atoms with Crippen LogP contribution >= 0.6 is 11.6 Å². The number of carbonyl (C=O) groups excluding carboxylic acids is 1. The van der Waals surface area contributed by atoms with E-state index in [1.165, 1.54) is 0 Å². The van der Waals surface area contributed by atoms with E-state index >= 15 is 0 Å². The van der Waals surface area contributed by atoms with Crippen LogP contribution < -0.4 is 4.74 Å². The molecule has 1 amide bonds. The molecule has 6 nitrogen and oxygen atoms in total. The summed E-state index contributed by atoms with van der Waals surface area (Å²) < 4.78 is 7.78. The Bertz CT molecular complexity index is 987. The summed E-state index contributed by atoms with van der Waals surface area (Å²) in [4.78, 5) is 14.7. The minimum absolute atomic E-state index is 0.00988. The van der Waals surface area contributed by atoms with Gasteiger partial charge < -0.3 is 9.64 Å². The van der Waals surface area contributed by atoms with E-state index < -0.39 is 0 Å². The molecule has 0 saturated carbocycles. The monoisotopic (exact) mass is 398 g/mol. The van der Waals surface area contributed by atoms with Crippen molar-refractivity contribution in [2.24, 2.45) is 0 Å². The third kappa shape index (κ3) is 3.83. The summed E-state index contributed by atoms with van der Waals surface area (Å²) >= 11 is 5.97. The van der Waals surface area contributed by atoms with E-state index in [9.17, 15) is 4.79 Å².